The molecular formula is C29H30N2O4. The Morgan fingerprint density at radius 3 is 2.51 bits per heavy atom. The number of rotatable bonds is 10. The van der Waals surface area contributed by atoms with Crippen LogP contribution in [0.1, 0.15) is 23.1 Å². The highest BCUT2D eigenvalue weighted by atomic mass is 16.5. The second kappa shape index (κ2) is 11.4. The van der Waals surface area contributed by atoms with Gasteiger partial charge in [-0.05, 0) is 61.2 Å². The number of carbonyl (C=O) groups excluding carboxylic acids is 1. The number of hydrogen-bond donors (Lipinski definition) is 1. The largest absolute Gasteiger partial charge is 0.484 e. The van der Waals surface area contributed by atoms with Gasteiger partial charge in [0.2, 0.25) is 0 Å². The van der Waals surface area contributed by atoms with Crippen LogP contribution in [0.5, 0.6) is 5.75 Å². The Balaban J connectivity index is 1.38. The molecule has 4 rings (SSSR count). The first-order valence-electron chi connectivity index (χ1n) is 11.8. The topological polar surface area (TPSA) is 71.8 Å². The predicted octanol–water partition coefficient (Wildman–Crippen LogP) is 5.32. The van der Waals surface area contributed by atoms with Crippen molar-refractivity contribution in [2.75, 3.05) is 25.0 Å². The summed E-state index contributed by atoms with van der Waals surface area (Å²) in [5, 5.41) is 4.18. The van der Waals surface area contributed by atoms with Gasteiger partial charge >= 0.3 is 5.63 Å². The summed E-state index contributed by atoms with van der Waals surface area (Å²) in [6.45, 7) is 5.71. The van der Waals surface area contributed by atoms with Crippen molar-refractivity contribution in [3.05, 3.63) is 106 Å². The Labute approximate surface area is 205 Å². The zero-order valence-electron chi connectivity index (χ0n) is 20.1. The van der Waals surface area contributed by atoms with Crippen LogP contribution in [0.2, 0.25) is 0 Å². The lowest BCUT2D eigenvalue weighted by atomic mass is 10.1. The van der Waals surface area contributed by atoms with Crippen LogP contribution in [0, 0.1) is 13.8 Å². The Bertz CT molecular complexity index is 1350. The van der Waals surface area contributed by atoms with Crippen molar-refractivity contribution in [1.29, 1.82) is 0 Å². The quantitative estimate of drug-likeness (QED) is 0.251. The molecule has 1 N–H and O–H groups in total. The Morgan fingerprint density at radius 2 is 1.71 bits per heavy atom. The first-order chi connectivity index (χ1) is 17.0. The van der Waals surface area contributed by atoms with Crippen LogP contribution < -0.4 is 15.7 Å². The monoisotopic (exact) mass is 470 g/mol. The number of amides is 1. The molecule has 0 aliphatic heterocycles. The summed E-state index contributed by atoms with van der Waals surface area (Å²) < 4.78 is 11.1. The molecule has 1 heterocycles. The number of carbonyl (C=O) groups is 1. The minimum Gasteiger partial charge on any atom is -0.484 e. The smallest absolute Gasteiger partial charge is 0.338 e. The van der Waals surface area contributed by atoms with Crippen LogP contribution in [-0.4, -0.2) is 30.5 Å². The molecule has 0 spiro atoms. The van der Waals surface area contributed by atoms with E-state index in [1.807, 2.05) is 85.5 Å². The molecule has 0 saturated heterocycles. The fourth-order valence-electron chi connectivity index (χ4n) is 3.89. The van der Waals surface area contributed by atoms with Gasteiger partial charge in [0.15, 0.2) is 6.61 Å². The molecule has 4 aromatic rings. The normalized spacial score (nSPS) is 10.8. The van der Waals surface area contributed by atoms with E-state index in [1.165, 1.54) is 11.6 Å². The minimum absolute atomic E-state index is 0.0207. The van der Waals surface area contributed by atoms with Gasteiger partial charge in [-0.25, -0.2) is 4.79 Å². The van der Waals surface area contributed by atoms with Gasteiger partial charge in [-0.1, -0.05) is 48.5 Å². The van der Waals surface area contributed by atoms with E-state index >= 15 is 0 Å². The van der Waals surface area contributed by atoms with Crippen LogP contribution >= 0.6 is 0 Å². The Kier molecular flexibility index (Phi) is 7.83. The summed E-state index contributed by atoms with van der Waals surface area (Å²) in [6, 6.07) is 24.7. The van der Waals surface area contributed by atoms with Gasteiger partial charge in [0.1, 0.15) is 11.3 Å². The number of ether oxygens (including phenoxy) is 1. The second-order valence-electron chi connectivity index (χ2n) is 8.59. The number of hydrogen-bond acceptors (Lipinski definition) is 5. The molecule has 35 heavy (non-hydrogen) atoms. The fraction of sp³-hybridized carbons (Fsp3) is 0.241. The predicted molar refractivity (Wildman–Crippen MR) is 139 cm³/mol. The van der Waals surface area contributed by atoms with Crippen molar-refractivity contribution in [1.82, 2.24) is 4.90 Å². The second-order valence-corrected chi connectivity index (χ2v) is 8.59. The highest BCUT2D eigenvalue weighted by molar-refractivity contribution is 5.89. The van der Waals surface area contributed by atoms with Crippen LogP contribution in [0.3, 0.4) is 0 Å². The third kappa shape index (κ3) is 6.51. The SMILES string of the molecule is Cc1ccc(OCC(=O)N(CCCNc2cc(=O)oc3ccccc23)Cc2ccccc2)cc1C. The fourth-order valence-corrected chi connectivity index (χ4v) is 3.89. The van der Waals surface area contributed by atoms with Gasteiger partial charge in [0.25, 0.3) is 5.91 Å². The lowest BCUT2D eigenvalue weighted by Gasteiger charge is -2.23. The van der Waals surface area contributed by atoms with E-state index in [9.17, 15) is 9.59 Å². The summed E-state index contributed by atoms with van der Waals surface area (Å²) in [4.78, 5) is 26.8. The van der Waals surface area contributed by atoms with Crippen LogP contribution in [-0.2, 0) is 11.3 Å². The molecule has 0 unspecified atom stereocenters. The number of aryl methyl sites for hydroxylation is 2. The standard InChI is InChI=1S/C29H30N2O4/c1-21-13-14-24(17-22(21)2)34-20-28(32)31(19-23-9-4-3-5-10-23)16-8-15-30-26-18-29(33)35-27-12-7-6-11-25(26)27/h3-7,9-14,17-18,30H,8,15-16,19-20H2,1-2H3. The highest BCUT2D eigenvalue weighted by Gasteiger charge is 2.15. The van der Waals surface area contributed by atoms with Crippen molar-refractivity contribution in [2.24, 2.45) is 0 Å². The summed E-state index contributed by atoms with van der Waals surface area (Å²) in [5.41, 5.74) is 4.26. The Hall–Kier alpha value is -4.06. The van der Waals surface area contributed by atoms with Gasteiger partial charge in [0, 0.05) is 31.1 Å². The van der Waals surface area contributed by atoms with Gasteiger partial charge in [-0.2, -0.15) is 0 Å². The third-order valence-electron chi connectivity index (χ3n) is 5.98. The molecule has 180 valence electrons. The van der Waals surface area contributed by atoms with Crippen molar-refractivity contribution in [3.8, 4) is 5.75 Å². The lowest BCUT2D eigenvalue weighted by Crippen LogP contribution is -2.36. The van der Waals surface area contributed by atoms with E-state index in [4.69, 9.17) is 9.15 Å². The van der Waals surface area contributed by atoms with E-state index in [-0.39, 0.29) is 12.5 Å². The molecule has 0 bridgehead atoms. The summed E-state index contributed by atoms with van der Waals surface area (Å²) >= 11 is 0. The minimum atomic E-state index is -0.393. The molecule has 3 aromatic carbocycles. The number of para-hydroxylation sites is 1. The van der Waals surface area contributed by atoms with Gasteiger partial charge < -0.3 is 19.4 Å². The molecule has 6 heteroatoms. The third-order valence-corrected chi connectivity index (χ3v) is 5.98. The first kappa shape index (κ1) is 24.1. The molecule has 0 radical (unpaired) electrons. The highest BCUT2D eigenvalue weighted by Crippen LogP contribution is 2.21. The maximum absolute atomic E-state index is 13.1. The van der Waals surface area contributed by atoms with Gasteiger partial charge in [-0.3, -0.25) is 4.79 Å². The van der Waals surface area contributed by atoms with E-state index in [0.29, 0.717) is 37.4 Å². The van der Waals surface area contributed by atoms with Gasteiger partial charge in [0.05, 0.1) is 5.69 Å². The maximum Gasteiger partial charge on any atom is 0.338 e. The molecule has 0 atom stereocenters. The van der Waals surface area contributed by atoms with Crippen molar-refractivity contribution in [2.45, 2.75) is 26.8 Å². The molecule has 6 nitrogen and oxygen atoms in total. The molecule has 1 amide bonds. The number of fused-ring (bicyclic) bond motifs is 1. The number of benzene rings is 3. The molecule has 0 aliphatic carbocycles. The van der Waals surface area contributed by atoms with Crippen molar-refractivity contribution >= 4 is 22.6 Å². The summed E-state index contributed by atoms with van der Waals surface area (Å²) in [7, 11) is 0. The lowest BCUT2D eigenvalue weighted by molar-refractivity contribution is -0.134. The van der Waals surface area contributed by atoms with Crippen LogP contribution in [0.4, 0.5) is 5.69 Å². The van der Waals surface area contributed by atoms with E-state index in [1.54, 1.807) is 6.07 Å². The number of anilines is 1. The van der Waals surface area contributed by atoms with Gasteiger partial charge in [-0.15, -0.1) is 0 Å². The number of nitrogens with one attached hydrogen (secondary N) is 1. The average Bonchev–Trinajstić information content (AvgIpc) is 2.86. The summed E-state index contributed by atoms with van der Waals surface area (Å²) in [6.07, 6.45) is 0.705. The van der Waals surface area contributed by atoms with Crippen LogP contribution in [0.15, 0.2) is 88.1 Å². The molecular weight excluding hydrogens is 440 g/mol. The zero-order chi connectivity index (χ0) is 24.6. The van der Waals surface area contributed by atoms with Crippen molar-refractivity contribution < 1.29 is 13.9 Å². The Morgan fingerprint density at radius 1 is 0.943 bits per heavy atom. The average molecular weight is 471 g/mol. The molecule has 0 aliphatic rings. The molecule has 0 fully saturated rings. The van der Waals surface area contributed by atoms with E-state index in [2.05, 4.69) is 5.32 Å². The first-order valence-corrected chi connectivity index (χ1v) is 11.8. The zero-order valence-corrected chi connectivity index (χ0v) is 20.1. The maximum atomic E-state index is 13.1. The summed E-state index contributed by atoms with van der Waals surface area (Å²) in [5.74, 6) is 0.621. The van der Waals surface area contributed by atoms with Crippen LogP contribution in [0.25, 0.3) is 11.0 Å². The molecule has 1 aromatic heterocycles. The van der Waals surface area contributed by atoms with E-state index in [0.717, 1.165) is 22.2 Å². The number of nitrogens with zero attached hydrogens (tertiary/aromatic N) is 1. The van der Waals surface area contributed by atoms with E-state index < -0.39 is 5.63 Å². The molecule has 0 saturated carbocycles. The van der Waals surface area contributed by atoms with Crippen molar-refractivity contribution in [3.63, 3.8) is 0 Å².